The molecule has 2 aliphatic rings. The van der Waals surface area contributed by atoms with Crippen molar-refractivity contribution in [2.24, 2.45) is 7.05 Å². The van der Waals surface area contributed by atoms with Crippen LogP contribution in [0, 0.1) is 6.92 Å². The van der Waals surface area contributed by atoms with Gasteiger partial charge in [-0.15, -0.1) is 0 Å². The van der Waals surface area contributed by atoms with Crippen LogP contribution in [0.4, 0.5) is 5.69 Å². The first-order valence-corrected chi connectivity index (χ1v) is 10.2. The minimum absolute atomic E-state index is 0.0813. The van der Waals surface area contributed by atoms with Crippen LogP contribution < -0.4 is 4.90 Å². The van der Waals surface area contributed by atoms with Gasteiger partial charge in [-0.05, 0) is 57.2 Å². The molecule has 28 heavy (non-hydrogen) atoms. The summed E-state index contributed by atoms with van der Waals surface area (Å²) in [4.78, 5) is 30.4. The van der Waals surface area contributed by atoms with Crippen LogP contribution in [0.2, 0.25) is 0 Å². The highest BCUT2D eigenvalue weighted by atomic mass is 16.2. The first-order valence-electron chi connectivity index (χ1n) is 10.2. The Bertz CT molecular complexity index is 873. The summed E-state index contributed by atoms with van der Waals surface area (Å²) < 4.78 is 1.80. The normalized spacial score (nSPS) is 22.3. The van der Waals surface area contributed by atoms with E-state index in [9.17, 15) is 9.59 Å². The zero-order valence-corrected chi connectivity index (χ0v) is 16.7. The number of piperidine rings is 1. The molecule has 2 fully saturated rings. The molecule has 0 saturated carbocycles. The number of aryl methyl sites for hydroxylation is 3. The molecule has 1 aromatic heterocycles. The molecule has 6 heteroatoms. The first kappa shape index (κ1) is 18.7. The number of hydrogen-bond donors (Lipinski definition) is 0. The number of carbonyl (C=O) groups is 2. The van der Waals surface area contributed by atoms with Crippen molar-refractivity contribution in [2.75, 3.05) is 18.0 Å². The van der Waals surface area contributed by atoms with E-state index < -0.39 is 5.54 Å². The van der Waals surface area contributed by atoms with Gasteiger partial charge in [0.2, 0.25) is 5.91 Å². The number of aromatic nitrogens is 2. The predicted molar refractivity (Wildman–Crippen MR) is 108 cm³/mol. The van der Waals surface area contributed by atoms with Gasteiger partial charge in [0.15, 0.2) is 0 Å². The average Bonchev–Trinajstić information content (AvgIpc) is 3.30. The molecule has 1 unspecified atom stereocenters. The lowest BCUT2D eigenvalue weighted by Gasteiger charge is -2.44. The van der Waals surface area contributed by atoms with Crippen LogP contribution in [0.25, 0.3) is 0 Å². The van der Waals surface area contributed by atoms with Gasteiger partial charge in [0.05, 0.1) is 0 Å². The summed E-state index contributed by atoms with van der Waals surface area (Å²) in [5.74, 6) is 0.173. The van der Waals surface area contributed by atoms with E-state index in [0.29, 0.717) is 19.4 Å². The molecule has 6 nitrogen and oxygen atoms in total. The summed E-state index contributed by atoms with van der Waals surface area (Å²) >= 11 is 0. The van der Waals surface area contributed by atoms with Crippen LogP contribution in [0.15, 0.2) is 36.5 Å². The number of hydrogen-bond acceptors (Lipinski definition) is 3. The summed E-state index contributed by atoms with van der Waals surface area (Å²) in [5.41, 5.74) is 2.49. The minimum Gasteiger partial charge on any atom is -0.328 e. The Kier molecular flexibility index (Phi) is 4.96. The Morgan fingerprint density at radius 1 is 1.11 bits per heavy atom. The van der Waals surface area contributed by atoms with Crippen molar-refractivity contribution in [2.45, 2.75) is 51.0 Å². The van der Waals surface area contributed by atoms with Gasteiger partial charge in [-0.1, -0.05) is 17.7 Å². The first-order chi connectivity index (χ1) is 13.5. The molecule has 1 atom stereocenters. The van der Waals surface area contributed by atoms with Crippen LogP contribution in [-0.2, 0) is 23.1 Å². The van der Waals surface area contributed by atoms with E-state index in [4.69, 9.17) is 0 Å². The van der Waals surface area contributed by atoms with Crippen molar-refractivity contribution < 1.29 is 9.59 Å². The van der Waals surface area contributed by atoms with E-state index in [0.717, 1.165) is 43.6 Å². The summed E-state index contributed by atoms with van der Waals surface area (Å²) in [6.45, 7) is 3.45. The second kappa shape index (κ2) is 7.41. The molecular weight excluding hydrogens is 352 g/mol. The average molecular weight is 380 g/mol. The van der Waals surface area contributed by atoms with Crippen molar-refractivity contribution >= 4 is 17.5 Å². The Morgan fingerprint density at radius 2 is 1.82 bits per heavy atom. The summed E-state index contributed by atoms with van der Waals surface area (Å²) in [7, 11) is 1.89. The molecule has 4 rings (SSSR count). The number of rotatable bonds is 4. The van der Waals surface area contributed by atoms with Crippen LogP contribution in [-0.4, -0.2) is 45.1 Å². The van der Waals surface area contributed by atoms with E-state index >= 15 is 0 Å². The number of nitrogens with zero attached hydrogens (tertiary/aromatic N) is 4. The van der Waals surface area contributed by atoms with E-state index in [2.05, 4.69) is 5.10 Å². The van der Waals surface area contributed by atoms with Gasteiger partial charge < -0.3 is 9.80 Å². The van der Waals surface area contributed by atoms with Crippen molar-refractivity contribution in [3.8, 4) is 0 Å². The van der Waals surface area contributed by atoms with Crippen LogP contribution in [0.3, 0.4) is 0 Å². The predicted octanol–water partition coefficient (Wildman–Crippen LogP) is 2.85. The zero-order chi connectivity index (χ0) is 19.7. The highest BCUT2D eigenvalue weighted by Gasteiger charge is 2.52. The summed E-state index contributed by atoms with van der Waals surface area (Å²) in [5, 5.41) is 4.17. The maximum atomic E-state index is 13.6. The van der Waals surface area contributed by atoms with Crippen LogP contribution >= 0.6 is 0 Å². The SMILES string of the molecule is Cc1ccc(N2CCCC3(CCCN3C(=O)CCc3ccnn3C)C2=O)cc1. The summed E-state index contributed by atoms with van der Waals surface area (Å²) in [6, 6.07) is 10.0. The molecule has 0 aliphatic carbocycles. The van der Waals surface area contributed by atoms with E-state index in [1.165, 1.54) is 5.56 Å². The number of anilines is 1. The fourth-order valence-corrected chi connectivity index (χ4v) is 4.70. The van der Waals surface area contributed by atoms with Crippen molar-refractivity contribution in [1.29, 1.82) is 0 Å². The smallest absolute Gasteiger partial charge is 0.252 e. The van der Waals surface area contributed by atoms with Crippen LogP contribution in [0.1, 0.15) is 43.4 Å². The molecule has 3 heterocycles. The van der Waals surface area contributed by atoms with E-state index in [1.54, 1.807) is 10.9 Å². The van der Waals surface area contributed by atoms with Gasteiger partial charge in [0, 0.05) is 44.1 Å². The topological polar surface area (TPSA) is 58.4 Å². The van der Waals surface area contributed by atoms with Gasteiger partial charge in [0.25, 0.3) is 5.91 Å². The van der Waals surface area contributed by atoms with E-state index in [1.807, 2.05) is 54.1 Å². The Morgan fingerprint density at radius 3 is 2.50 bits per heavy atom. The Labute approximate surface area is 166 Å². The highest BCUT2D eigenvalue weighted by Crippen LogP contribution is 2.40. The van der Waals surface area contributed by atoms with Gasteiger partial charge in [-0.2, -0.15) is 5.10 Å². The molecule has 0 N–H and O–H groups in total. The minimum atomic E-state index is -0.660. The van der Waals surface area contributed by atoms with Gasteiger partial charge in [-0.25, -0.2) is 0 Å². The van der Waals surface area contributed by atoms with Gasteiger partial charge in [-0.3, -0.25) is 14.3 Å². The molecule has 1 aromatic carbocycles. The molecule has 148 valence electrons. The highest BCUT2D eigenvalue weighted by molar-refractivity contribution is 6.03. The maximum absolute atomic E-state index is 13.6. The fourth-order valence-electron chi connectivity index (χ4n) is 4.70. The lowest BCUT2D eigenvalue weighted by Crippen LogP contribution is -2.61. The van der Waals surface area contributed by atoms with Crippen molar-refractivity contribution in [1.82, 2.24) is 14.7 Å². The summed E-state index contributed by atoms with van der Waals surface area (Å²) in [6.07, 6.45) is 6.17. The lowest BCUT2D eigenvalue weighted by atomic mass is 9.84. The molecule has 0 radical (unpaired) electrons. The second-order valence-corrected chi connectivity index (χ2v) is 8.02. The third-order valence-electron chi connectivity index (χ3n) is 6.27. The van der Waals surface area contributed by atoms with Crippen LogP contribution in [0.5, 0.6) is 0 Å². The number of benzene rings is 1. The zero-order valence-electron chi connectivity index (χ0n) is 16.7. The molecule has 1 spiro atoms. The molecule has 2 aromatic rings. The molecular formula is C22H28N4O2. The molecule has 2 aliphatic heterocycles. The quantitative estimate of drug-likeness (QED) is 0.820. The monoisotopic (exact) mass is 380 g/mol. The van der Waals surface area contributed by atoms with Crippen molar-refractivity contribution in [3.63, 3.8) is 0 Å². The molecule has 0 bridgehead atoms. The molecule has 2 saturated heterocycles. The fraction of sp³-hybridized carbons (Fsp3) is 0.500. The largest absolute Gasteiger partial charge is 0.328 e. The lowest BCUT2D eigenvalue weighted by molar-refractivity contribution is -0.145. The standard InChI is InChI=1S/C22H28N4O2/c1-17-5-7-19(8-6-17)25-15-3-12-22(21(25)28)13-4-16-26(22)20(27)10-9-18-11-14-23-24(18)2/h5-8,11,14H,3-4,9-10,12-13,15-16H2,1-2H3. The Hall–Kier alpha value is -2.63. The number of carbonyl (C=O) groups excluding carboxylic acids is 2. The van der Waals surface area contributed by atoms with E-state index in [-0.39, 0.29) is 11.8 Å². The maximum Gasteiger partial charge on any atom is 0.252 e. The number of amides is 2. The molecule has 2 amide bonds. The number of likely N-dealkylation sites (tertiary alicyclic amines) is 1. The third kappa shape index (κ3) is 3.21. The van der Waals surface area contributed by atoms with Gasteiger partial charge >= 0.3 is 0 Å². The van der Waals surface area contributed by atoms with Gasteiger partial charge in [0.1, 0.15) is 5.54 Å². The third-order valence-corrected chi connectivity index (χ3v) is 6.27. The van der Waals surface area contributed by atoms with Crippen molar-refractivity contribution in [3.05, 3.63) is 47.8 Å². The second-order valence-electron chi connectivity index (χ2n) is 8.02. The Balaban J connectivity index is 1.53.